The molecule has 4 aromatic rings. The first-order valence-electron chi connectivity index (χ1n) is 7.82. The number of anilines is 1. The Kier molecular flexibility index (Phi) is 3.53. The number of nitrogens with zero attached hydrogens (tertiary/aromatic N) is 5. The van der Waals surface area contributed by atoms with Crippen LogP contribution in [-0.4, -0.2) is 25.1 Å². The molecule has 7 nitrogen and oxygen atoms in total. The molecular weight excluding hydrogens is 316 g/mol. The normalized spacial score (nSPS) is 11.0. The number of nitrogens with two attached hydrogens (primary N) is 1. The Labute approximate surface area is 144 Å². The monoisotopic (exact) mass is 332 g/mol. The third kappa shape index (κ3) is 2.65. The molecule has 0 aliphatic rings. The molecule has 124 valence electrons. The van der Waals surface area contributed by atoms with Crippen molar-refractivity contribution < 1.29 is 4.52 Å². The van der Waals surface area contributed by atoms with Crippen LogP contribution in [0, 0.1) is 13.8 Å². The van der Waals surface area contributed by atoms with Gasteiger partial charge in [0.15, 0.2) is 11.5 Å². The molecule has 0 radical (unpaired) electrons. The van der Waals surface area contributed by atoms with E-state index in [0.29, 0.717) is 17.3 Å². The lowest BCUT2D eigenvalue weighted by atomic mass is 10.1. The van der Waals surface area contributed by atoms with E-state index in [4.69, 9.17) is 10.3 Å². The van der Waals surface area contributed by atoms with Gasteiger partial charge in [0, 0.05) is 5.56 Å². The van der Waals surface area contributed by atoms with E-state index in [0.717, 1.165) is 16.8 Å². The lowest BCUT2D eigenvalue weighted by molar-refractivity contribution is 0.431. The average Bonchev–Trinajstić information content (AvgIpc) is 3.23. The third-order valence-electron chi connectivity index (χ3n) is 3.95. The molecule has 0 aliphatic carbocycles. The third-order valence-corrected chi connectivity index (χ3v) is 3.95. The number of rotatable bonds is 3. The van der Waals surface area contributed by atoms with Gasteiger partial charge >= 0.3 is 0 Å². The molecule has 0 bridgehead atoms. The van der Waals surface area contributed by atoms with Gasteiger partial charge in [-0.3, -0.25) is 0 Å². The Balaban J connectivity index is 1.74. The average molecular weight is 332 g/mol. The zero-order valence-electron chi connectivity index (χ0n) is 13.8. The standard InChI is InChI=1S/C18H16N6O/c1-11-8-9-14(12(2)10-11)24-16(19)15(21-23-24)18-20-17(22-25-18)13-6-4-3-5-7-13/h3-10H,19H2,1-2H3. The van der Waals surface area contributed by atoms with Gasteiger partial charge in [-0.1, -0.05) is 58.4 Å². The van der Waals surface area contributed by atoms with Gasteiger partial charge in [-0.05, 0) is 25.5 Å². The van der Waals surface area contributed by atoms with Crippen LogP contribution in [0.5, 0.6) is 0 Å². The fourth-order valence-corrected chi connectivity index (χ4v) is 2.69. The van der Waals surface area contributed by atoms with Crippen molar-refractivity contribution in [3.8, 4) is 28.7 Å². The van der Waals surface area contributed by atoms with Crippen molar-refractivity contribution in [1.29, 1.82) is 0 Å². The Morgan fingerprint density at radius 1 is 1.04 bits per heavy atom. The highest BCUT2D eigenvalue weighted by atomic mass is 16.5. The molecule has 0 aliphatic heterocycles. The summed E-state index contributed by atoms with van der Waals surface area (Å²) in [7, 11) is 0. The zero-order valence-corrected chi connectivity index (χ0v) is 13.8. The predicted octanol–water partition coefficient (Wildman–Crippen LogP) is 3.18. The van der Waals surface area contributed by atoms with Gasteiger partial charge < -0.3 is 10.3 Å². The maximum atomic E-state index is 6.23. The van der Waals surface area contributed by atoms with Crippen LogP contribution >= 0.6 is 0 Å². The van der Waals surface area contributed by atoms with Gasteiger partial charge in [-0.2, -0.15) is 9.67 Å². The molecule has 0 spiro atoms. The fourth-order valence-electron chi connectivity index (χ4n) is 2.69. The molecule has 2 N–H and O–H groups in total. The maximum Gasteiger partial charge on any atom is 0.282 e. The molecule has 4 rings (SSSR count). The van der Waals surface area contributed by atoms with Crippen molar-refractivity contribution in [3.63, 3.8) is 0 Å². The van der Waals surface area contributed by atoms with Crippen LogP contribution in [0.2, 0.25) is 0 Å². The van der Waals surface area contributed by atoms with Crippen LogP contribution in [0.3, 0.4) is 0 Å². The van der Waals surface area contributed by atoms with E-state index >= 15 is 0 Å². The summed E-state index contributed by atoms with van der Waals surface area (Å²) < 4.78 is 6.91. The molecular formula is C18H16N6O. The maximum absolute atomic E-state index is 6.23. The summed E-state index contributed by atoms with van der Waals surface area (Å²) >= 11 is 0. The van der Waals surface area contributed by atoms with Gasteiger partial charge in [-0.25, -0.2) is 0 Å². The minimum absolute atomic E-state index is 0.243. The van der Waals surface area contributed by atoms with Gasteiger partial charge in [0.2, 0.25) is 5.82 Å². The van der Waals surface area contributed by atoms with Crippen LogP contribution in [0.4, 0.5) is 5.82 Å². The molecule has 2 aromatic heterocycles. The highest BCUT2D eigenvalue weighted by Crippen LogP contribution is 2.27. The summed E-state index contributed by atoms with van der Waals surface area (Å²) in [5, 5.41) is 12.3. The molecule has 7 heteroatoms. The minimum atomic E-state index is 0.243. The van der Waals surface area contributed by atoms with E-state index in [1.165, 1.54) is 5.56 Å². The molecule has 0 saturated carbocycles. The first-order valence-corrected chi connectivity index (χ1v) is 7.82. The molecule has 0 amide bonds. The van der Waals surface area contributed by atoms with Gasteiger partial charge in [0.1, 0.15) is 0 Å². The van der Waals surface area contributed by atoms with Crippen LogP contribution in [0.1, 0.15) is 11.1 Å². The van der Waals surface area contributed by atoms with E-state index in [1.807, 2.05) is 56.3 Å². The second-order valence-electron chi connectivity index (χ2n) is 5.81. The zero-order chi connectivity index (χ0) is 17.4. The Morgan fingerprint density at radius 2 is 1.84 bits per heavy atom. The number of aromatic nitrogens is 5. The van der Waals surface area contributed by atoms with Crippen LogP contribution in [0.15, 0.2) is 53.1 Å². The van der Waals surface area contributed by atoms with E-state index in [-0.39, 0.29) is 5.89 Å². The van der Waals surface area contributed by atoms with E-state index in [9.17, 15) is 0 Å². The highest BCUT2D eigenvalue weighted by Gasteiger charge is 2.20. The van der Waals surface area contributed by atoms with E-state index in [1.54, 1.807) is 4.68 Å². The van der Waals surface area contributed by atoms with Gasteiger partial charge in [0.25, 0.3) is 5.89 Å². The number of aryl methyl sites for hydroxylation is 2. The second-order valence-corrected chi connectivity index (χ2v) is 5.81. The summed E-state index contributed by atoms with van der Waals surface area (Å²) in [4.78, 5) is 4.38. The van der Waals surface area contributed by atoms with Crippen molar-refractivity contribution in [1.82, 2.24) is 25.1 Å². The summed E-state index contributed by atoms with van der Waals surface area (Å²) in [5.74, 6) is 1.08. The van der Waals surface area contributed by atoms with Crippen molar-refractivity contribution in [2.24, 2.45) is 0 Å². The van der Waals surface area contributed by atoms with E-state index < -0.39 is 0 Å². The van der Waals surface area contributed by atoms with Crippen LogP contribution in [-0.2, 0) is 0 Å². The van der Waals surface area contributed by atoms with Crippen LogP contribution in [0.25, 0.3) is 28.7 Å². The quantitative estimate of drug-likeness (QED) is 0.619. The molecule has 0 saturated heterocycles. The molecule has 2 aromatic carbocycles. The lowest BCUT2D eigenvalue weighted by Gasteiger charge is -2.07. The van der Waals surface area contributed by atoms with Crippen molar-refractivity contribution in [2.75, 3.05) is 5.73 Å². The number of benzene rings is 2. The molecule has 2 heterocycles. The highest BCUT2D eigenvalue weighted by molar-refractivity contribution is 5.66. The lowest BCUT2D eigenvalue weighted by Crippen LogP contribution is -2.04. The minimum Gasteiger partial charge on any atom is -0.382 e. The number of hydrogen-bond donors (Lipinski definition) is 1. The largest absolute Gasteiger partial charge is 0.382 e. The van der Waals surface area contributed by atoms with Gasteiger partial charge in [-0.15, -0.1) is 5.10 Å². The summed E-state index contributed by atoms with van der Waals surface area (Å²) in [6.45, 7) is 4.04. The van der Waals surface area contributed by atoms with Crippen molar-refractivity contribution >= 4 is 5.82 Å². The second kappa shape index (κ2) is 5.86. The van der Waals surface area contributed by atoms with Crippen molar-refractivity contribution in [3.05, 3.63) is 59.7 Å². The smallest absolute Gasteiger partial charge is 0.282 e. The van der Waals surface area contributed by atoms with Gasteiger partial charge in [0.05, 0.1) is 5.69 Å². The van der Waals surface area contributed by atoms with Crippen LogP contribution < -0.4 is 5.73 Å². The summed E-state index contributed by atoms with van der Waals surface area (Å²) in [6, 6.07) is 15.6. The predicted molar refractivity (Wildman–Crippen MR) is 94.0 cm³/mol. The Bertz CT molecular complexity index is 1030. The number of nitrogen functional groups attached to an aromatic ring is 1. The Hall–Kier alpha value is -3.48. The summed E-state index contributed by atoms with van der Waals surface area (Å²) in [6.07, 6.45) is 0. The molecule has 0 atom stereocenters. The van der Waals surface area contributed by atoms with Crippen molar-refractivity contribution in [2.45, 2.75) is 13.8 Å². The summed E-state index contributed by atoms with van der Waals surface area (Å²) in [5.41, 5.74) is 10.6. The fraction of sp³-hybridized carbons (Fsp3) is 0.111. The first kappa shape index (κ1) is 15.1. The first-order chi connectivity index (χ1) is 12.1. The molecule has 0 fully saturated rings. The topological polar surface area (TPSA) is 95.6 Å². The molecule has 0 unspecified atom stereocenters. The SMILES string of the molecule is Cc1ccc(-n2nnc(-c3nc(-c4ccccc4)no3)c2N)c(C)c1. The Morgan fingerprint density at radius 3 is 2.60 bits per heavy atom. The van der Waals surface area contributed by atoms with E-state index in [2.05, 4.69) is 26.5 Å². The molecule has 25 heavy (non-hydrogen) atoms. The number of hydrogen-bond acceptors (Lipinski definition) is 6.